The molecule has 0 aliphatic rings. The summed E-state index contributed by atoms with van der Waals surface area (Å²) in [5, 5.41) is 2.75. The maximum Gasteiger partial charge on any atom is 0.421 e. The van der Waals surface area contributed by atoms with E-state index >= 15 is 0 Å². The Balaban J connectivity index is 3.11. The summed E-state index contributed by atoms with van der Waals surface area (Å²) >= 11 is 0. The summed E-state index contributed by atoms with van der Waals surface area (Å²) in [5.41, 5.74) is 4.21. The molecule has 0 aromatic carbocycles. The zero-order valence-corrected chi connectivity index (χ0v) is 10.8. The van der Waals surface area contributed by atoms with Crippen LogP contribution >= 0.6 is 0 Å². The highest BCUT2D eigenvalue weighted by Gasteiger charge is 2.36. The van der Waals surface area contributed by atoms with Gasteiger partial charge in [0.05, 0.1) is 0 Å². The molecule has 0 aliphatic carbocycles. The van der Waals surface area contributed by atoms with Gasteiger partial charge in [-0.15, -0.1) is 0 Å². The minimum absolute atomic E-state index is 0.188. The molecular formula is C11H17F3N4. The average molecular weight is 262 g/mol. The van der Waals surface area contributed by atoms with Gasteiger partial charge in [0.25, 0.3) is 0 Å². The molecule has 0 saturated heterocycles. The molecule has 4 nitrogen and oxygen atoms in total. The van der Waals surface area contributed by atoms with Crippen molar-refractivity contribution in [3.63, 3.8) is 0 Å². The van der Waals surface area contributed by atoms with Crippen LogP contribution in [0.15, 0.2) is 6.20 Å². The molecule has 0 unspecified atom stereocenters. The predicted octanol–water partition coefficient (Wildman–Crippen LogP) is 2.92. The predicted molar refractivity (Wildman–Crippen MR) is 64.0 cm³/mol. The van der Waals surface area contributed by atoms with Gasteiger partial charge in [-0.05, 0) is 12.3 Å². The van der Waals surface area contributed by atoms with Gasteiger partial charge in [-0.1, -0.05) is 20.8 Å². The highest BCUT2D eigenvalue weighted by Crippen LogP contribution is 2.34. The molecule has 0 saturated carbocycles. The van der Waals surface area contributed by atoms with Crippen molar-refractivity contribution < 1.29 is 13.2 Å². The number of alkyl halides is 3. The number of nitrogens with two attached hydrogens (primary N) is 1. The molecule has 102 valence electrons. The molecule has 1 atom stereocenters. The Labute approximate surface area is 104 Å². The lowest BCUT2D eigenvalue weighted by Crippen LogP contribution is -2.32. The van der Waals surface area contributed by atoms with Gasteiger partial charge in [-0.3, -0.25) is 0 Å². The van der Waals surface area contributed by atoms with Gasteiger partial charge in [0.1, 0.15) is 11.4 Å². The van der Waals surface area contributed by atoms with E-state index in [2.05, 4.69) is 15.3 Å². The number of nitrogens with one attached hydrogen (secondary N) is 1. The molecule has 3 N–H and O–H groups in total. The van der Waals surface area contributed by atoms with Crippen LogP contribution in [0.4, 0.5) is 24.9 Å². The molecule has 18 heavy (non-hydrogen) atoms. The largest absolute Gasteiger partial charge is 0.421 e. The highest BCUT2D eigenvalue weighted by molar-refractivity contribution is 5.48. The fourth-order valence-corrected chi connectivity index (χ4v) is 1.13. The third kappa shape index (κ3) is 3.48. The summed E-state index contributed by atoms with van der Waals surface area (Å²) in [4.78, 5) is 7.01. The Kier molecular flexibility index (Phi) is 3.73. The molecular weight excluding hydrogens is 245 g/mol. The van der Waals surface area contributed by atoms with E-state index in [0.29, 0.717) is 6.20 Å². The van der Waals surface area contributed by atoms with Crippen LogP contribution in [-0.2, 0) is 6.18 Å². The molecule has 0 spiro atoms. The molecule has 0 amide bonds. The minimum Gasteiger partial charge on any atom is -0.368 e. The number of halogens is 3. The summed E-state index contributed by atoms with van der Waals surface area (Å²) in [6.45, 7) is 7.55. The van der Waals surface area contributed by atoms with Gasteiger partial charge < -0.3 is 11.1 Å². The van der Waals surface area contributed by atoms with Gasteiger partial charge in [0.15, 0.2) is 0 Å². The van der Waals surface area contributed by atoms with Crippen molar-refractivity contribution in [1.82, 2.24) is 9.97 Å². The van der Waals surface area contributed by atoms with Crippen molar-refractivity contribution in [3.8, 4) is 0 Å². The first-order valence-corrected chi connectivity index (χ1v) is 5.48. The summed E-state index contributed by atoms with van der Waals surface area (Å²) in [7, 11) is 0. The van der Waals surface area contributed by atoms with Crippen LogP contribution < -0.4 is 11.1 Å². The fourth-order valence-electron chi connectivity index (χ4n) is 1.13. The number of nitrogen functional groups attached to an aromatic ring is 1. The van der Waals surface area contributed by atoms with E-state index in [9.17, 15) is 13.2 Å². The van der Waals surface area contributed by atoms with Crippen LogP contribution in [0.1, 0.15) is 33.3 Å². The number of anilines is 2. The average Bonchev–Trinajstić information content (AvgIpc) is 2.13. The lowest BCUT2D eigenvalue weighted by Gasteiger charge is -2.29. The maximum absolute atomic E-state index is 12.8. The van der Waals surface area contributed by atoms with Crippen LogP contribution in [0.5, 0.6) is 0 Å². The first kappa shape index (κ1) is 14.5. The number of nitrogens with zero attached hydrogens (tertiary/aromatic N) is 2. The standard InChI is InChI=1S/C11H17F3N4/c1-6(10(2,3)4)17-8-7(11(12,13)14)5-16-9(15)18-8/h5-6H,1-4H3,(H3,15,16,17,18)/t6-/m1/s1. The van der Waals surface area contributed by atoms with E-state index in [4.69, 9.17) is 5.73 Å². The first-order chi connectivity index (χ1) is 8.01. The third-order valence-corrected chi connectivity index (χ3v) is 2.77. The van der Waals surface area contributed by atoms with E-state index in [1.54, 1.807) is 6.92 Å². The van der Waals surface area contributed by atoms with Crippen molar-refractivity contribution >= 4 is 11.8 Å². The quantitative estimate of drug-likeness (QED) is 0.860. The van der Waals surface area contributed by atoms with E-state index in [0.717, 1.165) is 0 Å². The van der Waals surface area contributed by atoms with Crippen LogP contribution in [0.2, 0.25) is 0 Å². The second kappa shape index (κ2) is 4.62. The zero-order chi connectivity index (χ0) is 14.1. The molecule has 0 bridgehead atoms. The van der Waals surface area contributed by atoms with Gasteiger partial charge in [-0.2, -0.15) is 18.2 Å². The monoisotopic (exact) mass is 262 g/mol. The van der Waals surface area contributed by atoms with Crippen molar-refractivity contribution in [3.05, 3.63) is 11.8 Å². The second-order valence-electron chi connectivity index (χ2n) is 5.22. The summed E-state index contributed by atoms with van der Waals surface area (Å²) < 4.78 is 38.3. The smallest absolute Gasteiger partial charge is 0.368 e. The highest BCUT2D eigenvalue weighted by atomic mass is 19.4. The lowest BCUT2D eigenvalue weighted by molar-refractivity contribution is -0.137. The van der Waals surface area contributed by atoms with Crippen LogP contribution in [0.3, 0.4) is 0 Å². The van der Waals surface area contributed by atoms with Crippen molar-refractivity contribution in [2.45, 2.75) is 39.9 Å². The number of hydrogen-bond donors (Lipinski definition) is 2. The van der Waals surface area contributed by atoms with Gasteiger partial charge in [-0.25, -0.2) is 4.98 Å². The van der Waals surface area contributed by atoms with Gasteiger partial charge in [0, 0.05) is 12.2 Å². The molecule has 0 fully saturated rings. The molecule has 7 heteroatoms. The second-order valence-corrected chi connectivity index (χ2v) is 5.22. The molecule has 1 rings (SSSR count). The van der Waals surface area contributed by atoms with E-state index in [1.165, 1.54) is 0 Å². The number of rotatable bonds is 2. The molecule has 0 aliphatic heterocycles. The third-order valence-electron chi connectivity index (χ3n) is 2.77. The fraction of sp³-hybridized carbons (Fsp3) is 0.636. The Hall–Kier alpha value is -1.53. The van der Waals surface area contributed by atoms with Crippen LogP contribution in [-0.4, -0.2) is 16.0 Å². The summed E-state index contributed by atoms with van der Waals surface area (Å²) in [6.07, 6.45) is -3.81. The Morgan fingerprint density at radius 1 is 1.28 bits per heavy atom. The lowest BCUT2D eigenvalue weighted by atomic mass is 9.88. The van der Waals surface area contributed by atoms with E-state index < -0.39 is 11.7 Å². The zero-order valence-electron chi connectivity index (χ0n) is 10.8. The van der Waals surface area contributed by atoms with Crippen molar-refractivity contribution in [1.29, 1.82) is 0 Å². The van der Waals surface area contributed by atoms with Crippen LogP contribution in [0.25, 0.3) is 0 Å². The SMILES string of the molecule is C[C@@H](Nc1nc(N)ncc1C(F)(F)F)C(C)(C)C. The van der Waals surface area contributed by atoms with Gasteiger partial charge in [0.2, 0.25) is 5.95 Å². The topological polar surface area (TPSA) is 63.8 Å². The van der Waals surface area contributed by atoms with E-state index in [1.807, 2.05) is 20.8 Å². The number of aromatic nitrogens is 2. The Bertz CT molecular complexity index is 423. The summed E-state index contributed by atoms with van der Waals surface area (Å²) in [5.74, 6) is -0.468. The Morgan fingerprint density at radius 2 is 1.83 bits per heavy atom. The van der Waals surface area contributed by atoms with Crippen molar-refractivity contribution in [2.24, 2.45) is 5.41 Å². The molecule has 0 radical (unpaired) electrons. The normalized spacial score (nSPS) is 14.4. The number of hydrogen-bond acceptors (Lipinski definition) is 4. The Morgan fingerprint density at radius 3 is 2.28 bits per heavy atom. The minimum atomic E-state index is -4.51. The van der Waals surface area contributed by atoms with Crippen molar-refractivity contribution in [2.75, 3.05) is 11.1 Å². The summed E-state index contributed by atoms with van der Waals surface area (Å²) in [6, 6.07) is -0.201. The van der Waals surface area contributed by atoms with Crippen LogP contribution in [0, 0.1) is 5.41 Å². The molecule has 1 heterocycles. The molecule has 1 aromatic rings. The van der Waals surface area contributed by atoms with E-state index in [-0.39, 0.29) is 23.2 Å². The maximum atomic E-state index is 12.8. The van der Waals surface area contributed by atoms with Gasteiger partial charge >= 0.3 is 6.18 Å². The molecule has 1 aromatic heterocycles. The first-order valence-electron chi connectivity index (χ1n) is 5.48.